The Balaban J connectivity index is 1.47. The van der Waals surface area contributed by atoms with Crippen LogP contribution in [0.3, 0.4) is 0 Å². The summed E-state index contributed by atoms with van der Waals surface area (Å²) in [6, 6.07) is 10.0. The van der Waals surface area contributed by atoms with Crippen molar-refractivity contribution in [2.45, 2.75) is 37.8 Å². The lowest BCUT2D eigenvalue weighted by molar-refractivity contribution is -0.124. The number of carbonyl (C=O) groups excluding carboxylic acids is 3. The highest BCUT2D eigenvalue weighted by molar-refractivity contribution is 5.98. The Morgan fingerprint density at radius 2 is 1.89 bits per heavy atom. The summed E-state index contributed by atoms with van der Waals surface area (Å²) in [5, 5.41) is 8.40. The summed E-state index contributed by atoms with van der Waals surface area (Å²) < 4.78 is 5.65. The summed E-state index contributed by atoms with van der Waals surface area (Å²) in [6.07, 6.45) is 3.49. The number of rotatable bonds is 5. The molecule has 3 N–H and O–H groups in total. The van der Waals surface area contributed by atoms with E-state index < -0.39 is 6.04 Å². The van der Waals surface area contributed by atoms with Crippen molar-refractivity contribution in [2.24, 2.45) is 0 Å². The quantitative estimate of drug-likeness (QED) is 0.751. The van der Waals surface area contributed by atoms with E-state index in [0.717, 1.165) is 19.3 Å². The predicted molar refractivity (Wildman–Crippen MR) is 98.1 cm³/mol. The molecule has 0 unspecified atom stereocenters. The molecular weight excluding hydrogens is 346 g/mol. The largest absolute Gasteiger partial charge is 0.451 e. The molecule has 2 heterocycles. The number of benzene rings is 1. The van der Waals surface area contributed by atoms with Crippen LogP contribution in [0.2, 0.25) is 0 Å². The first-order chi connectivity index (χ1) is 13.1. The summed E-state index contributed by atoms with van der Waals surface area (Å²) in [6.45, 7) is 0.649. The van der Waals surface area contributed by atoms with E-state index in [2.05, 4.69) is 16.0 Å². The zero-order chi connectivity index (χ0) is 18.8. The second kappa shape index (κ2) is 7.26. The van der Waals surface area contributed by atoms with Crippen molar-refractivity contribution in [3.05, 3.63) is 47.7 Å². The zero-order valence-corrected chi connectivity index (χ0v) is 14.8. The SMILES string of the molecule is O=C(N[C@H]1CCCNC1=O)c1cccc(-c2ccc(C(=O)NC3CC3)o2)c1. The molecule has 1 saturated carbocycles. The van der Waals surface area contributed by atoms with E-state index in [4.69, 9.17) is 4.42 Å². The number of hydrogen-bond donors (Lipinski definition) is 3. The van der Waals surface area contributed by atoms with Crippen molar-refractivity contribution in [2.75, 3.05) is 6.54 Å². The summed E-state index contributed by atoms with van der Waals surface area (Å²) in [7, 11) is 0. The van der Waals surface area contributed by atoms with Crippen LogP contribution in [0, 0.1) is 0 Å². The molecule has 2 aromatic rings. The van der Waals surface area contributed by atoms with E-state index >= 15 is 0 Å². The summed E-state index contributed by atoms with van der Waals surface area (Å²) in [4.78, 5) is 36.4. The van der Waals surface area contributed by atoms with Gasteiger partial charge in [0.15, 0.2) is 5.76 Å². The lowest BCUT2D eigenvalue weighted by atomic mass is 10.0. The van der Waals surface area contributed by atoms with E-state index in [1.807, 2.05) is 6.07 Å². The Bertz CT molecular complexity index is 885. The molecule has 1 saturated heterocycles. The number of nitrogens with one attached hydrogen (secondary N) is 3. The predicted octanol–water partition coefficient (Wildman–Crippen LogP) is 1.85. The Hall–Kier alpha value is -3.09. The fraction of sp³-hybridized carbons (Fsp3) is 0.350. The molecule has 3 amide bonds. The highest BCUT2D eigenvalue weighted by Crippen LogP contribution is 2.25. The van der Waals surface area contributed by atoms with Crippen molar-refractivity contribution >= 4 is 17.7 Å². The van der Waals surface area contributed by atoms with Gasteiger partial charge >= 0.3 is 0 Å². The third-order valence-electron chi connectivity index (χ3n) is 4.74. The summed E-state index contributed by atoms with van der Waals surface area (Å²) in [5.41, 5.74) is 1.13. The van der Waals surface area contributed by atoms with Crippen LogP contribution in [0.5, 0.6) is 0 Å². The second-order valence-electron chi connectivity index (χ2n) is 6.95. The number of furan rings is 1. The molecule has 2 aliphatic rings. The smallest absolute Gasteiger partial charge is 0.287 e. The van der Waals surface area contributed by atoms with Crippen LogP contribution in [0.15, 0.2) is 40.8 Å². The Labute approximate surface area is 156 Å². The topological polar surface area (TPSA) is 100 Å². The highest BCUT2D eigenvalue weighted by atomic mass is 16.3. The molecule has 7 heteroatoms. The Morgan fingerprint density at radius 3 is 2.67 bits per heavy atom. The Kier molecular flexibility index (Phi) is 4.66. The average Bonchev–Trinajstić information content (AvgIpc) is 3.35. The van der Waals surface area contributed by atoms with Crippen molar-refractivity contribution in [3.63, 3.8) is 0 Å². The van der Waals surface area contributed by atoms with Crippen LogP contribution in [-0.2, 0) is 4.79 Å². The molecular formula is C20H21N3O4. The van der Waals surface area contributed by atoms with Gasteiger partial charge in [0.05, 0.1) is 0 Å². The lowest BCUT2D eigenvalue weighted by Gasteiger charge is -2.22. The fourth-order valence-corrected chi connectivity index (χ4v) is 3.06. The van der Waals surface area contributed by atoms with Gasteiger partial charge in [0, 0.05) is 23.7 Å². The summed E-state index contributed by atoms with van der Waals surface area (Å²) >= 11 is 0. The lowest BCUT2D eigenvalue weighted by Crippen LogP contribution is -2.50. The average molecular weight is 367 g/mol. The van der Waals surface area contributed by atoms with Gasteiger partial charge in [0.25, 0.3) is 11.8 Å². The third-order valence-corrected chi connectivity index (χ3v) is 4.74. The van der Waals surface area contributed by atoms with Gasteiger partial charge in [-0.2, -0.15) is 0 Å². The molecule has 4 rings (SSSR count). The highest BCUT2D eigenvalue weighted by Gasteiger charge is 2.26. The molecule has 140 valence electrons. The zero-order valence-electron chi connectivity index (χ0n) is 14.8. The van der Waals surface area contributed by atoms with E-state index in [9.17, 15) is 14.4 Å². The Morgan fingerprint density at radius 1 is 1.04 bits per heavy atom. The van der Waals surface area contributed by atoms with Crippen LogP contribution in [0.1, 0.15) is 46.6 Å². The molecule has 1 aliphatic heterocycles. The minimum absolute atomic E-state index is 0.150. The summed E-state index contributed by atoms with van der Waals surface area (Å²) in [5.74, 6) is 0.0906. The van der Waals surface area contributed by atoms with Gasteiger partial charge in [-0.1, -0.05) is 12.1 Å². The van der Waals surface area contributed by atoms with Gasteiger partial charge in [-0.15, -0.1) is 0 Å². The maximum Gasteiger partial charge on any atom is 0.287 e. The standard InChI is InChI=1S/C20H21N3O4/c24-18(23-15-5-2-10-21-19(15)25)13-4-1-3-12(11-13)16-8-9-17(27-16)20(26)22-14-6-7-14/h1,3-4,8-9,11,14-15H,2,5-7,10H2,(H,21,25)(H,22,26)(H,23,24)/t15-/m0/s1. The van der Waals surface area contributed by atoms with E-state index in [1.165, 1.54) is 0 Å². The molecule has 1 aromatic carbocycles. The first kappa shape index (κ1) is 17.3. The monoisotopic (exact) mass is 367 g/mol. The number of carbonyl (C=O) groups is 3. The normalized spacial score (nSPS) is 19.3. The molecule has 1 aliphatic carbocycles. The minimum Gasteiger partial charge on any atom is -0.451 e. The number of amides is 3. The van der Waals surface area contributed by atoms with Crippen molar-refractivity contribution in [1.29, 1.82) is 0 Å². The molecule has 7 nitrogen and oxygen atoms in total. The van der Waals surface area contributed by atoms with Crippen molar-refractivity contribution in [1.82, 2.24) is 16.0 Å². The molecule has 0 radical (unpaired) electrons. The first-order valence-electron chi connectivity index (χ1n) is 9.20. The molecule has 2 fully saturated rings. The van der Waals surface area contributed by atoms with Gasteiger partial charge in [-0.05, 0) is 49.9 Å². The van der Waals surface area contributed by atoms with Crippen LogP contribution in [0.4, 0.5) is 0 Å². The molecule has 27 heavy (non-hydrogen) atoms. The van der Waals surface area contributed by atoms with E-state index in [1.54, 1.807) is 30.3 Å². The number of hydrogen-bond acceptors (Lipinski definition) is 4. The maximum absolute atomic E-state index is 12.5. The van der Waals surface area contributed by atoms with Crippen molar-refractivity contribution < 1.29 is 18.8 Å². The molecule has 0 bridgehead atoms. The second-order valence-corrected chi connectivity index (χ2v) is 6.95. The van der Waals surface area contributed by atoms with Crippen LogP contribution >= 0.6 is 0 Å². The van der Waals surface area contributed by atoms with Gasteiger partial charge in [0.1, 0.15) is 11.8 Å². The van der Waals surface area contributed by atoms with Gasteiger partial charge < -0.3 is 20.4 Å². The fourth-order valence-electron chi connectivity index (χ4n) is 3.06. The molecule has 1 aromatic heterocycles. The van der Waals surface area contributed by atoms with Crippen LogP contribution in [0.25, 0.3) is 11.3 Å². The minimum atomic E-state index is -0.503. The molecule has 1 atom stereocenters. The van der Waals surface area contributed by atoms with Gasteiger partial charge in [-0.3, -0.25) is 14.4 Å². The first-order valence-corrected chi connectivity index (χ1v) is 9.20. The van der Waals surface area contributed by atoms with Gasteiger partial charge in [0.2, 0.25) is 5.91 Å². The van der Waals surface area contributed by atoms with E-state index in [-0.39, 0.29) is 29.5 Å². The molecule has 0 spiro atoms. The maximum atomic E-state index is 12.5. The van der Waals surface area contributed by atoms with Crippen LogP contribution in [-0.4, -0.2) is 36.3 Å². The van der Waals surface area contributed by atoms with E-state index in [0.29, 0.717) is 29.9 Å². The van der Waals surface area contributed by atoms with Crippen molar-refractivity contribution in [3.8, 4) is 11.3 Å². The number of piperidine rings is 1. The van der Waals surface area contributed by atoms with Gasteiger partial charge in [-0.25, -0.2) is 0 Å². The van der Waals surface area contributed by atoms with Crippen LogP contribution < -0.4 is 16.0 Å². The third kappa shape index (κ3) is 4.02.